The van der Waals surface area contributed by atoms with Gasteiger partial charge in [-0.1, -0.05) is 85.0 Å². The van der Waals surface area contributed by atoms with Gasteiger partial charge in [-0.05, 0) is 37.0 Å². The van der Waals surface area contributed by atoms with E-state index in [9.17, 15) is 8.78 Å². The van der Waals surface area contributed by atoms with E-state index in [1.807, 2.05) is 0 Å². The Labute approximate surface area is 143 Å². The Morgan fingerprint density at radius 3 is 2.26 bits per heavy atom. The molecule has 0 amide bonds. The van der Waals surface area contributed by atoms with Gasteiger partial charge in [0.05, 0.1) is 0 Å². The Balaban J connectivity index is 2.21. The van der Waals surface area contributed by atoms with Crippen LogP contribution in [0.1, 0.15) is 104 Å². The van der Waals surface area contributed by atoms with Gasteiger partial charge < -0.3 is 0 Å². The number of hydrogen-bond donors (Lipinski definition) is 0. The topological polar surface area (TPSA) is 0 Å². The van der Waals surface area contributed by atoms with E-state index < -0.39 is 12.3 Å². The average Bonchev–Trinajstić information content (AvgIpc) is 2.51. The average molecular weight is 331 g/mol. The van der Waals surface area contributed by atoms with E-state index in [2.05, 4.69) is 20.8 Å². The van der Waals surface area contributed by atoms with Crippen LogP contribution in [-0.4, -0.2) is 12.3 Å². The molecule has 23 heavy (non-hydrogen) atoms. The molecule has 2 heteroatoms. The van der Waals surface area contributed by atoms with Crippen molar-refractivity contribution in [2.24, 2.45) is 17.8 Å². The van der Waals surface area contributed by atoms with Crippen molar-refractivity contribution in [2.45, 2.75) is 117 Å². The van der Waals surface area contributed by atoms with Gasteiger partial charge in [0.15, 0.2) is 0 Å². The van der Waals surface area contributed by atoms with Crippen molar-refractivity contribution in [2.75, 3.05) is 0 Å². The highest BCUT2D eigenvalue weighted by molar-refractivity contribution is 4.82. The van der Waals surface area contributed by atoms with Gasteiger partial charge in [0.2, 0.25) is 0 Å². The lowest BCUT2D eigenvalue weighted by Crippen LogP contribution is -2.31. The number of alkyl halides is 2. The smallest absolute Gasteiger partial charge is 0.134 e. The summed E-state index contributed by atoms with van der Waals surface area (Å²) in [5, 5.41) is 0. The summed E-state index contributed by atoms with van der Waals surface area (Å²) in [5.74, 6) is 1.65. The maximum absolute atomic E-state index is 13.9. The Hall–Kier alpha value is -0.140. The van der Waals surface area contributed by atoms with Gasteiger partial charge in [0, 0.05) is 0 Å². The molecule has 0 bridgehead atoms. The maximum Gasteiger partial charge on any atom is 0.134 e. The molecule has 1 aliphatic carbocycles. The minimum atomic E-state index is -1.19. The molecule has 1 rings (SSSR count). The zero-order chi connectivity index (χ0) is 17.1. The first-order chi connectivity index (χ1) is 11.1. The maximum atomic E-state index is 13.9. The van der Waals surface area contributed by atoms with Crippen LogP contribution in [0.4, 0.5) is 8.78 Å². The van der Waals surface area contributed by atoms with Crippen molar-refractivity contribution in [3.05, 3.63) is 0 Å². The molecule has 0 heterocycles. The highest BCUT2D eigenvalue weighted by atomic mass is 19.2. The predicted octanol–water partition coefficient (Wildman–Crippen LogP) is 7.66. The van der Waals surface area contributed by atoms with Crippen molar-refractivity contribution >= 4 is 0 Å². The molecule has 0 radical (unpaired) electrons. The second kappa shape index (κ2) is 12.3. The number of rotatable bonds is 12. The van der Waals surface area contributed by atoms with Crippen LogP contribution in [-0.2, 0) is 0 Å². The number of halogens is 2. The van der Waals surface area contributed by atoms with Crippen LogP contribution in [0, 0.1) is 17.8 Å². The highest BCUT2D eigenvalue weighted by Gasteiger charge is 2.32. The van der Waals surface area contributed by atoms with Crippen molar-refractivity contribution in [3.63, 3.8) is 0 Å². The van der Waals surface area contributed by atoms with Gasteiger partial charge in [-0.25, -0.2) is 8.78 Å². The molecule has 0 spiro atoms. The SMILES string of the molecule is CCCC(C)CCCC(CCC)CCCC1CCCC(F)C1F. The second-order valence-electron chi connectivity index (χ2n) is 8.06. The molecule has 0 saturated heterocycles. The summed E-state index contributed by atoms with van der Waals surface area (Å²) in [6.45, 7) is 6.90. The minimum absolute atomic E-state index is 0.00870. The largest absolute Gasteiger partial charge is 0.244 e. The first kappa shape index (κ1) is 20.9. The third kappa shape index (κ3) is 8.49. The van der Waals surface area contributed by atoms with Gasteiger partial charge >= 0.3 is 0 Å². The van der Waals surface area contributed by atoms with Crippen molar-refractivity contribution in [3.8, 4) is 0 Å². The first-order valence-corrected chi connectivity index (χ1v) is 10.4. The molecule has 5 unspecified atom stereocenters. The standard InChI is InChI=1S/C21H40F2/c1-4-9-17(3)11-6-12-18(10-5-2)13-7-14-19-15-8-16-20(22)21(19)23/h17-21H,4-16H2,1-3H3. The summed E-state index contributed by atoms with van der Waals surface area (Å²) < 4.78 is 27.4. The van der Waals surface area contributed by atoms with Crippen LogP contribution in [0.5, 0.6) is 0 Å². The molecule has 0 aromatic carbocycles. The van der Waals surface area contributed by atoms with Crippen molar-refractivity contribution in [1.29, 1.82) is 0 Å². The summed E-state index contributed by atoms with van der Waals surface area (Å²) in [6, 6.07) is 0. The third-order valence-electron chi connectivity index (χ3n) is 5.83. The molecule has 0 aromatic heterocycles. The molecule has 0 aromatic rings. The fourth-order valence-corrected chi connectivity index (χ4v) is 4.39. The molecule has 5 atom stereocenters. The zero-order valence-electron chi connectivity index (χ0n) is 15.8. The third-order valence-corrected chi connectivity index (χ3v) is 5.83. The van der Waals surface area contributed by atoms with Crippen LogP contribution in [0.15, 0.2) is 0 Å². The van der Waals surface area contributed by atoms with Crippen LogP contribution in [0.25, 0.3) is 0 Å². The van der Waals surface area contributed by atoms with Gasteiger partial charge in [0.25, 0.3) is 0 Å². The zero-order valence-corrected chi connectivity index (χ0v) is 15.8. The molecular weight excluding hydrogens is 290 g/mol. The Kier molecular flexibility index (Phi) is 11.1. The van der Waals surface area contributed by atoms with Crippen molar-refractivity contribution < 1.29 is 8.78 Å². The normalized spacial score (nSPS) is 27.8. The Morgan fingerprint density at radius 1 is 0.870 bits per heavy atom. The van der Waals surface area contributed by atoms with Crippen LogP contribution >= 0.6 is 0 Å². The highest BCUT2D eigenvalue weighted by Crippen LogP contribution is 2.34. The fraction of sp³-hybridized carbons (Fsp3) is 1.00. The Bertz CT molecular complexity index is 279. The molecular formula is C21H40F2. The van der Waals surface area contributed by atoms with Gasteiger partial charge in [-0.2, -0.15) is 0 Å². The molecule has 1 saturated carbocycles. The summed E-state index contributed by atoms with van der Waals surface area (Å²) in [4.78, 5) is 0. The summed E-state index contributed by atoms with van der Waals surface area (Å²) in [6.07, 6.45) is 12.2. The summed E-state index contributed by atoms with van der Waals surface area (Å²) in [7, 11) is 0. The summed E-state index contributed by atoms with van der Waals surface area (Å²) in [5.41, 5.74) is 0. The molecule has 0 aliphatic heterocycles. The molecule has 0 N–H and O–H groups in total. The second-order valence-corrected chi connectivity index (χ2v) is 8.06. The molecule has 1 fully saturated rings. The lowest BCUT2D eigenvalue weighted by molar-refractivity contribution is 0.0606. The Morgan fingerprint density at radius 2 is 1.57 bits per heavy atom. The lowest BCUT2D eigenvalue weighted by Gasteiger charge is -2.29. The van der Waals surface area contributed by atoms with E-state index in [0.29, 0.717) is 6.42 Å². The van der Waals surface area contributed by atoms with Gasteiger partial charge in [-0.3, -0.25) is 0 Å². The van der Waals surface area contributed by atoms with Crippen LogP contribution in [0.2, 0.25) is 0 Å². The first-order valence-electron chi connectivity index (χ1n) is 10.4. The van der Waals surface area contributed by atoms with Crippen LogP contribution < -0.4 is 0 Å². The monoisotopic (exact) mass is 330 g/mol. The van der Waals surface area contributed by atoms with Gasteiger partial charge in [0.1, 0.15) is 12.3 Å². The van der Waals surface area contributed by atoms with E-state index >= 15 is 0 Å². The van der Waals surface area contributed by atoms with E-state index in [0.717, 1.165) is 37.5 Å². The quantitative estimate of drug-likeness (QED) is 0.344. The predicted molar refractivity (Wildman–Crippen MR) is 97.3 cm³/mol. The van der Waals surface area contributed by atoms with E-state index in [4.69, 9.17) is 0 Å². The van der Waals surface area contributed by atoms with E-state index in [-0.39, 0.29) is 5.92 Å². The van der Waals surface area contributed by atoms with E-state index in [1.165, 1.54) is 51.4 Å². The number of hydrogen-bond acceptors (Lipinski definition) is 0. The van der Waals surface area contributed by atoms with Crippen LogP contribution in [0.3, 0.4) is 0 Å². The van der Waals surface area contributed by atoms with E-state index in [1.54, 1.807) is 0 Å². The molecule has 0 nitrogen and oxygen atoms in total. The minimum Gasteiger partial charge on any atom is -0.244 e. The summed E-state index contributed by atoms with van der Waals surface area (Å²) >= 11 is 0. The lowest BCUT2D eigenvalue weighted by atomic mass is 9.81. The van der Waals surface area contributed by atoms with Crippen molar-refractivity contribution in [1.82, 2.24) is 0 Å². The van der Waals surface area contributed by atoms with Gasteiger partial charge in [-0.15, -0.1) is 0 Å². The molecule has 1 aliphatic rings. The molecule has 138 valence electrons. The fourth-order valence-electron chi connectivity index (χ4n) is 4.39.